The fourth-order valence-electron chi connectivity index (χ4n) is 2.55. The zero-order valence-electron chi connectivity index (χ0n) is 13.0. The maximum Gasteiger partial charge on any atom is 0.314 e. The van der Waals surface area contributed by atoms with Crippen LogP contribution in [-0.2, 0) is 4.74 Å². The van der Waals surface area contributed by atoms with Crippen LogP contribution >= 0.6 is 0 Å². The largest absolute Gasteiger partial charge is 0.373 e. The van der Waals surface area contributed by atoms with E-state index >= 15 is 0 Å². The van der Waals surface area contributed by atoms with Crippen molar-refractivity contribution in [3.63, 3.8) is 0 Å². The Morgan fingerprint density at radius 3 is 2.65 bits per heavy atom. The van der Waals surface area contributed by atoms with Crippen LogP contribution in [0.4, 0.5) is 18.0 Å². The van der Waals surface area contributed by atoms with Crippen LogP contribution < -0.4 is 10.6 Å². The van der Waals surface area contributed by atoms with Gasteiger partial charge < -0.3 is 15.4 Å². The summed E-state index contributed by atoms with van der Waals surface area (Å²) in [4.78, 5) is 11.6. The van der Waals surface area contributed by atoms with E-state index in [0.717, 1.165) is 18.9 Å². The minimum Gasteiger partial charge on any atom is -0.373 e. The molecule has 0 saturated carbocycles. The minimum atomic E-state index is -2.79. The Bertz CT molecular complexity index is 517. The molecule has 1 aromatic rings. The van der Waals surface area contributed by atoms with Gasteiger partial charge in [0, 0.05) is 32.0 Å². The number of benzene rings is 1. The monoisotopic (exact) mass is 330 g/mol. The first-order valence-electron chi connectivity index (χ1n) is 7.62. The highest BCUT2D eigenvalue weighted by Gasteiger charge is 2.30. The molecule has 2 amide bonds. The van der Waals surface area contributed by atoms with Crippen molar-refractivity contribution in [2.45, 2.75) is 31.8 Å². The van der Waals surface area contributed by atoms with Gasteiger partial charge in [-0.05, 0) is 31.0 Å². The summed E-state index contributed by atoms with van der Waals surface area (Å²) in [7, 11) is 0. The Morgan fingerprint density at radius 2 is 2.00 bits per heavy atom. The fraction of sp³-hybridized carbons (Fsp3) is 0.562. The van der Waals surface area contributed by atoms with Gasteiger partial charge in [0.05, 0.1) is 6.10 Å². The lowest BCUT2D eigenvalue weighted by Crippen LogP contribution is -2.40. The normalized spacial score (nSPS) is 21.2. The van der Waals surface area contributed by atoms with E-state index in [-0.39, 0.29) is 24.4 Å². The molecular formula is C16H21F3N2O2. The molecule has 1 saturated heterocycles. The van der Waals surface area contributed by atoms with E-state index in [1.54, 1.807) is 12.1 Å². The van der Waals surface area contributed by atoms with E-state index in [2.05, 4.69) is 10.6 Å². The number of hydrogen-bond donors (Lipinski definition) is 2. The third-order valence-electron chi connectivity index (χ3n) is 3.79. The number of ether oxygens (including phenoxy) is 1. The summed E-state index contributed by atoms with van der Waals surface area (Å²) in [6, 6.07) is 5.61. The van der Waals surface area contributed by atoms with Gasteiger partial charge in [-0.2, -0.15) is 0 Å². The van der Waals surface area contributed by atoms with Gasteiger partial charge in [-0.25, -0.2) is 18.0 Å². The summed E-state index contributed by atoms with van der Waals surface area (Å²) in [5, 5.41) is 5.08. The number of amides is 2. The van der Waals surface area contributed by atoms with Crippen molar-refractivity contribution >= 4 is 6.03 Å². The van der Waals surface area contributed by atoms with Gasteiger partial charge in [-0.15, -0.1) is 0 Å². The van der Waals surface area contributed by atoms with Crippen molar-refractivity contribution in [2.24, 2.45) is 5.92 Å². The Balaban J connectivity index is 1.78. The molecule has 0 bridgehead atoms. The van der Waals surface area contributed by atoms with E-state index in [0.29, 0.717) is 13.2 Å². The van der Waals surface area contributed by atoms with Gasteiger partial charge in [-0.1, -0.05) is 12.1 Å². The van der Waals surface area contributed by atoms with Gasteiger partial charge in [-0.3, -0.25) is 0 Å². The quantitative estimate of drug-likeness (QED) is 0.841. The molecule has 1 aliphatic rings. The Hall–Kier alpha value is -1.76. The standard InChI is InChI=1S/C16H21F3N2O2/c1-16(18,19)7-8-20-15(22)21-10-12-6-9-23-14(12)11-2-4-13(17)5-3-11/h2-5,12,14H,6-10H2,1H3,(H2,20,21,22)/t12-,14-/m0/s1. The molecule has 0 aromatic heterocycles. The lowest BCUT2D eigenvalue weighted by atomic mass is 9.95. The zero-order valence-corrected chi connectivity index (χ0v) is 13.0. The summed E-state index contributed by atoms with van der Waals surface area (Å²) < 4.78 is 43.9. The van der Waals surface area contributed by atoms with Crippen molar-refractivity contribution in [1.82, 2.24) is 10.6 Å². The van der Waals surface area contributed by atoms with Crippen LogP contribution in [0.1, 0.15) is 31.4 Å². The topological polar surface area (TPSA) is 50.4 Å². The fourth-order valence-corrected chi connectivity index (χ4v) is 2.55. The van der Waals surface area contributed by atoms with Gasteiger partial charge in [0.1, 0.15) is 5.82 Å². The second-order valence-electron chi connectivity index (χ2n) is 5.85. The van der Waals surface area contributed by atoms with Crippen molar-refractivity contribution in [2.75, 3.05) is 19.7 Å². The van der Waals surface area contributed by atoms with E-state index in [1.165, 1.54) is 12.1 Å². The third kappa shape index (κ3) is 5.74. The summed E-state index contributed by atoms with van der Waals surface area (Å²) in [5.74, 6) is -3.03. The van der Waals surface area contributed by atoms with Crippen LogP contribution in [0, 0.1) is 11.7 Å². The molecular weight excluding hydrogens is 309 g/mol. The Kier molecular flexibility index (Phi) is 5.87. The summed E-state index contributed by atoms with van der Waals surface area (Å²) in [5.41, 5.74) is 0.863. The number of carbonyl (C=O) groups is 1. The Morgan fingerprint density at radius 1 is 1.30 bits per heavy atom. The molecule has 0 radical (unpaired) electrons. The maximum absolute atomic E-state index is 13.0. The lowest BCUT2D eigenvalue weighted by Gasteiger charge is -2.19. The molecule has 2 atom stereocenters. The van der Waals surface area contributed by atoms with Gasteiger partial charge in [0.15, 0.2) is 0 Å². The first kappa shape index (κ1) is 17.6. The van der Waals surface area contributed by atoms with Crippen LogP contribution in [0.5, 0.6) is 0 Å². The SMILES string of the molecule is CC(F)(F)CCNC(=O)NC[C@@H]1CCO[C@H]1c1ccc(F)cc1. The number of alkyl halides is 2. The number of urea groups is 1. The predicted molar refractivity (Wildman–Crippen MR) is 79.8 cm³/mol. The number of hydrogen-bond acceptors (Lipinski definition) is 2. The smallest absolute Gasteiger partial charge is 0.314 e. The lowest BCUT2D eigenvalue weighted by molar-refractivity contribution is 0.0142. The summed E-state index contributed by atoms with van der Waals surface area (Å²) >= 11 is 0. The predicted octanol–water partition coefficient (Wildman–Crippen LogP) is 3.25. The van der Waals surface area contributed by atoms with Crippen LogP contribution in [0.25, 0.3) is 0 Å². The van der Waals surface area contributed by atoms with Crippen LogP contribution in [0.15, 0.2) is 24.3 Å². The first-order valence-corrected chi connectivity index (χ1v) is 7.62. The van der Waals surface area contributed by atoms with E-state index in [4.69, 9.17) is 4.74 Å². The van der Waals surface area contributed by atoms with Gasteiger partial charge in [0.2, 0.25) is 5.92 Å². The Labute approximate surface area is 133 Å². The van der Waals surface area contributed by atoms with Gasteiger partial charge >= 0.3 is 6.03 Å². The molecule has 1 fully saturated rings. The van der Waals surface area contributed by atoms with E-state index in [1.807, 2.05) is 0 Å². The molecule has 1 heterocycles. The minimum absolute atomic E-state index is 0.0684. The van der Waals surface area contributed by atoms with Crippen LogP contribution in [0.2, 0.25) is 0 Å². The molecule has 0 unspecified atom stereocenters. The third-order valence-corrected chi connectivity index (χ3v) is 3.79. The highest BCUT2D eigenvalue weighted by molar-refractivity contribution is 5.73. The molecule has 1 aromatic carbocycles. The molecule has 2 N–H and O–H groups in total. The van der Waals surface area contributed by atoms with Crippen molar-refractivity contribution in [1.29, 1.82) is 0 Å². The van der Waals surface area contributed by atoms with Crippen LogP contribution in [0.3, 0.4) is 0 Å². The molecule has 1 aliphatic heterocycles. The van der Waals surface area contributed by atoms with Crippen LogP contribution in [-0.4, -0.2) is 31.7 Å². The molecule has 2 rings (SSSR count). The van der Waals surface area contributed by atoms with Crippen molar-refractivity contribution in [3.05, 3.63) is 35.6 Å². The second kappa shape index (κ2) is 7.68. The summed E-state index contributed by atoms with van der Waals surface area (Å²) in [6.45, 7) is 1.67. The molecule has 7 heteroatoms. The second-order valence-corrected chi connectivity index (χ2v) is 5.85. The number of carbonyl (C=O) groups excluding carboxylic acids is 1. The number of halogens is 3. The van der Waals surface area contributed by atoms with E-state index < -0.39 is 18.4 Å². The molecule has 4 nitrogen and oxygen atoms in total. The van der Waals surface area contributed by atoms with Gasteiger partial charge in [0.25, 0.3) is 0 Å². The molecule has 23 heavy (non-hydrogen) atoms. The zero-order chi connectivity index (χ0) is 16.9. The number of nitrogens with one attached hydrogen (secondary N) is 2. The number of rotatable bonds is 6. The highest BCUT2D eigenvalue weighted by Crippen LogP contribution is 2.34. The molecule has 0 aliphatic carbocycles. The maximum atomic E-state index is 13.0. The molecule has 0 spiro atoms. The van der Waals surface area contributed by atoms with Crippen molar-refractivity contribution in [3.8, 4) is 0 Å². The highest BCUT2D eigenvalue weighted by atomic mass is 19.3. The average molecular weight is 330 g/mol. The molecule has 128 valence electrons. The summed E-state index contributed by atoms with van der Waals surface area (Å²) in [6.07, 6.45) is 0.177. The van der Waals surface area contributed by atoms with E-state index in [9.17, 15) is 18.0 Å². The average Bonchev–Trinajstić information content (AvgIpc) is 2.93. The first-order chi connectivity index (χ1) is 10.8. The van der Waals surface area contributed by atoms with Crippen molar-refractivity contribution < 1.29 is 22.7 Å².